The zero-order chi connectivity index (χ0) is 13.2. The van der Waals surface area contributed by atoms with Crippen LogP contribution in [-0.4, -0.2) is 20.2 Å². The molecule has 3 aromatic rings. The molecule has 0 bridgehead atoms. The molecule has 19 heavy (non-hydrogen) atoms. The summed E-state index contributed by atoms with van der Waals surface area (Å²) in [4.78, 5) is 8.40. The van der Waals surface area contributed by atoms with Crippen LogP contribution in [0.2, 0.25) is 0 Å². The number of pyridine rings is 1. The third kappa shape index (κ3) is 2.08. The molecule has 1 aromatic carbocycles. The molecule has 6 nitrogen and oxygen atoms in total. The molecule has 0 aliphatic rings. The quantitative estimate of drug-likeness (QED) is 0.622. The highest BCUT2D eigenvalue weighted by Gasteiger charge is 2.11. The van der Waals surface area contributed by atoms with Gasteiger partial charge in [0, 0.05) is 11.6 Å². The first-order chi connectivity index (χ1) is 9.25. The summed E-state index contributed by atoms with van der Waals surface area (Å²) < 4.78 is 0. The van der Waals surface area contributed by atoms with Gasteiger partial charge >= 0.3 is 0 Å². The van der Waals surface area contributed by atoms with Gasteiger partial charge in [0.15, 0.2) is 0 Å². The second-order valence-corrected chi connectivity index (χ2v) is 4.33. The van der Waals surface area contributed by atoms with Gasteiger partial charge in [0.05, 0.1) is 22.9 Å². The van der Waals surface area contributed by atoms with Gasteiger partial charge in [-0.05, 0) is 31.2 Å². The molecule has 0 aliphatic heterocycles. The fourth-order valence-electron chi connectivity index (χ4n) is 2.03. The molecular formula is C13H14N6. The second kappa shape index (κ2) is 4.56. The highest BCUT2D eigenvalue weighted by atomic mass is 15.2. The number of aromatic nitrogens is 4. The van der Waals surface area contributed by atoms with E-state index in [9.17, 15) is 0 Å². The van der Waals surface area contributed by atoms with Crippen molar-refractivity contribution >= 4 is 22.3 Å². The molecule has 0 radical (unpaired) electrons. The van der Waals surface area contributed by atoms with Gasteiger partial charge < -0.3 is 11.1 Å². The lowest BCUT2D eigenvalue weighted by molar-refractivity contribution is 0.796. The minimum atomic E-state index is -0.000999. The summed E-state index contributed by atoms with van der Waals surface area (Å²) in [5, 5.41) is 10.9. The number of benzene rings is 1. The number of aromatic amines is 1. The van der Waals surface area contributed by atoms with Crippen LogP contribution in [0.25, 0.3) is 10.9 Å². The SMILES string of the molecule is CC(Nc1ccc2ncccc2c1N)c1ncn[nH]1. The molecule has 96 valence electrons. The standard InChI is InChI=1S/C13H14N6/c1-8(13-16-7-17-19-13)18-11-5-4-10-9(12(11)14)3-2-6-15-10/h2-8,18H,14H2,1H3,(H,16,17,19). The molecule has 3 rings (SSSR count). The van der Waals surface area contributed by atoms with Gasteiger partial charge in [-0.2, -0.15) is 5.10 Å². The molecule has 0 saturated heterocycles. The average molecular weight is 254 g/mol. The van der Waals surface area contributed by atoms with Gasteiger partial charge in [-0.1, -0.05) is 0 Å². The zero-order valence-corrected chi connectivity index (χ0v) is 10.5. The van der Waals surface area contributed by atoms with Crippen LogP contribution >= 0.6 is 0 Å². The van der Waals surface area contributed by atoms with E-state index in [4.69, 9.17) is 5.73 Å². The van der Waals surface area contributed by atoms with Crippen LogP contribution in [-0.2, 0) is 0 Å². The van der Waals surface area contributed by atoms with E-state index in [1.807, 2.05) is 31.2 Å². The predicted molar refractivity (Wildman–Crippen MR) is 74.6 cm³/mol. The Kier molecular flexibility index (Phi) is 2.75. The number of fused-ring (bicyclic) bond motifs is 1. The molecule has 4 N–H and O–H groups in total. The molecule has 2 heterocycles. The number of rotatable bonds is 3. The average Bonchev–Trinajstić information content (AvgIpc) is 2.96. The molecule has 1 atom stereocenters. The van der Waals surface area contributed by atoms with Crippen molar-refractivity contribution in [3.63, 3.8) is 0 Å². The summed E-state index contributed by atoms with van der Waals surface area (Å²) in [5.74, 6) is 0.769. The summed E-state index contributed by atoms with van der Waals surface area (Å²) in [6.07, 6.45) is 3.24. The molecule has 0 spiro atoms. The Morgan fingerprint density at radius 1 is 1.26 bits per heavy atom. The number of anilines is 2. The number of hydrogen-bond donors (Lipinski definition) is 3. The Morgan fingerprint density at radius 2 is 2.16 bits per heavy atom. The fraction of sp³-hybridized carbons (Fsp3) is 0.154. The largest absolute Gasteiger partial charge is 0.397 e. The topological polar surface area (TPSA) is 92.5 Å². The lowest BCUT2D eigenvalue weighted by Crippen LogP contribution is -2.10. The first-order valence-electron chi connectivity index (χ1n) is 6.00. The van der Waals surface area contributed by atoms with Crippen LogP contribution in [0.15, 0.2) is 36.8 Å². The summed E-state index contributed by atoms with van der Waals surface area (Å²) in [6, 6.07) is 7.71. The van der Waals surface area contributed by atoms with E-state index in [2.05, 4.69) is 25.5 Å². The van der Waals surface area contributed by atoms with Crippen LogP contribution in [0.3, 0.4) is 0 Å². The Hall–Kier alpha value is -2.63. The van der Waals surface area contributed by atoms with Crippen molar-refractivity contribution in [3.8, 4) is 0 Å². The number of nitrogens with zero attached hydrogens (tertiary/aromatic N) is 3. The lowest BCUT2D eigenvalue weighted by atomic mass is 10.1. The minimum absolute atomic E-state index is 0.000999. The van der Waals surface area contributed by atoms with Gasteiger partial charge in [0.2, 0.25) is 0 Å². The monoisotopic (exact) mass is 254 g/mol. The lowest BCUT2D eigenvalue weighted by Gasteiger charge is -2.15. The van der Waals surface area contributed by atoms with Crippen LogP contribution < -0.4 is 11.1 Å². The van der Waals surface area contributed by atoms with Gasteiger partial charge in [0.1, 0.15) is 12.2 Å². The predicted octanol–water partition coefficient (Wildman–Crippen LogP) is 2.11. The molecule has 1 unspecified atom stereocenters. The summed E-state index contributed by atoms with van der Waals surface area (Å²) in [5.41, 5.74) is 8.62. The molecule has 6 heteroatoms. The Bertz CT molecular complexity index is 691. The first-order valence-corrected chi connectivity index (χ1v) is 6.00. The van der Waals surface area contributed by atoms with E-state index < -0.39 is 0 Å². The van der Waals surface area contributed by atoms with E-state index in [1.54, 1.807) is 6.20 Å². The third-order valence-electron chi connectivity index (χ3n) is 3.04. The van der Waals surface area contributed by atoms with Crippen molar-refractivity contribution in [1.82, 2.24) is 20.2 Å². The molecule has 0 aliphatic carbocycles. The second-order valence-electron chi connectivity index (χ2n) is 4.33. The van der Waals surface area contributed by atoms with Crippen LogP contribution in [0, 0.1) is 0 Å². The highest BCUT2D eigenvalue weighted by Crippen LogP contribution is 2.29. The summed E-state index contributed by atoms with van der Waals surface area (Å²) in [6.45, 7) is 1.99. The Balaban J connectivity index is 1.95. The molecule has 0 amide bonds. The number of H-pyrrole nitrogens is 1. The van der Waals surface area contributed by atoms with Gasteiger partial charge in [-0.25, -0.2) is 4.98 Å². The zero-order valence-electron chi connectivity index (χ0n) is 10.5. The first kappa shape index (κ1) is 11.5. The normalized spacial score (nSPS) is 12.5. The molecule has 0 saturated carbocycles. The molecular weight excluding hydrogens is 240 g/mol. The van der Waals surface area contributed by atoms with Gasteiger partial charge in [-0.3, -0.25) is 10.1 Å². The maximum Gasteiger partial charge on any atom is 0.146 e. The van der Waals surface area contributed by atoms with Crippen molar-refractivity contribution in [3.05, 3.63) is 42.6 Å². The Labute approximate surface area is 110 Å². The van der Waals surface area contributed by atoms with Crippen LogP contribution in [0.5, 0.6) is 0 Å². The van der Waals surface area contributed by atoms with Crippen molar-refractivity contribution in [2.45, 2.75) is 13.0 Å². The molecule has 2 aromatic heterocycles. The van der Waals surface area contributed by atoms with Gasteiger partial charge in [0.25, 0.3) is 0 Å². The van der Waals surface area contributed by atoms with Crippen LogP contribution in [0.1, 0.15) is 18.8 Å². The van der Waals surface area contributed by atoms with Crippen molar-refractivity contribution in [2.75, 3.05) is 11.1 Å². The number of nitrogens with two attached hydrogens (primary N) is 1. The van der Waals surface area contributed by atoms with E-state index in [-0.39, 0.29) is 6.04 Å². The van der Waals surface area contributed by atoms with E-state index in [0.29, 0.717) is 5.69 Å². The van der Waals surface area contributed by atoms with Crippen molar-refractivity contribution in [2.24, 2.45) is 0 Å². The Morgan fingerprint density at radius 3 is 2.95 bits per heavy atom. The summed E-state index contributed by atoms with van der Waals surface area (Å²) in [7, 11) is 0. The van der Waals surface area contributed by atoms with Crippen molar-refractivity contribution < 1.29 is 0 Å². The maximum atomic E-state index is 6.17. The summed E-state index contributed by atoms with van der Waals surface area (Å²) >= 11 is 0. The van der Waals surface area contributed by atoms with E-state index in [0.717, 1.165) is 22.4 Å². The molecule has 0 fully saturated rings. The number of hydrogen-bond acceptors (Lipinski definition) is 5. The number of nitrogens with one attached hydrogen (secondary N) is 2. The maximum absolute atomic E-state index is 6.17. The van der Waals surface area contributed by atoms with Crippen LogP contribution in [0.4, 0.5) is 11.4 Å². The van der Waals surface area contributed by atoms with Crippen molar-refractivity contribution in [1.29, 1.82) is 0 Å². The minimum Gasteiger partial charge on any atom is -0.397 e. The van der Waals surface area contributed by atoms with Gasteiger partial charge in [-0.15, -0.1) is 0 Å². The fourth-order valence-corrected chi connectivity index (χ4v) is 2.03. The smallest absolute Gasteiger partial charge is 0.146 e. The third-order valence-corrected chi connectivity index (χ3v) is 3.04. The van der Waals surface area contributed by atoms with E-state index in [1.165, 1.54) is 6.33 Å². The highest BCUT2D eigenvalue weighted by molar-refractivity contribution is 5.96. The number of nitrogen functional groups attached to an aromatic ring is 1. The van der Waals surface area contributed by atoms with E-state index >= 15 is 0 Å².